The lowest BCUT2D eigenvalue weighted by Crippen LogP contribution is -2.34. The van der Waals surface area contributed by atoms with Gasteiger partial charge in [-0.25, -0.2) is 0 Å². The summed E-state index contributed by atoms with van der Waals surface area (Å²) >= 11 is 0. The van der Waals surface area contributed by atoms with E-state index in [1.807, 2.05) is 37.2 Å². The van der Waals surface area contributed by atoms with E-state index in [4.69, 9.17) is 4.42 Å². The van der Waals surface area contributed by atoms with Gasteiger partial charge in [-0.3, -0.25) is 9.69 Å². The summed E-state index contributed by atoms with van der Waals surface area (Å²) < 4.78 is 6.92. The fraction of sp³-hybridized carbons (Fsp3) is 0.250. The van der Waals surface area contributed by atoms with Crippen molar-refractivity contribution in [3.8, 4) is 5.69 Å². The van der Waals surface area contributed by atoms with Crippen LogP contribution in [0.3, 0.4) is 0 Å². The summed E-state index contributed by atoms with van der Waals surface area (Å²) in [7, 11) is 3.88. The molecule has 2 heterocycles. The van der Waals surface area contributed by atoms with Gasteiger partial charge in [-0.1, -0.05) is 12.1 Å². The zero-order valence-electron chi connectivity index (χ0n) is 13.5. The number of para-hydroxylation sites is 1. The van der Waals surface area contributed by atoms with Gasteiger partial charge in [0, 0.05) is 6.54 Å². The van der Waals surface area contributed by atoms with Crippen LogP contribution in [0.2, 0.25) is 0 Å². The zero-order chi connectivity index (χ0) is 16.9. The average Bonchev–Trinajstić information content (AvgIpc) is 3.28. The lowest BCUT2D eigenvalue weighted by Gasteiger charge is -2.22. The van der Waals surface area contributed by atoms with Crippen LogP contribution >= 0.6 is 0 Å². The first-order valence-corrected chi connectivity index (χ1v) is 7.47. The molecule has 3 rings (SSSR count). The Morgan fingerprint density at radius 3 is 2.79 bits per heavy atom. The minimum absolute atomic E-state index is 0.0517. The molecule has 24 heavy (non-hydrogen) atoms. The smallest absolute Gasteiger partial charge is 0.253 e. The Kier molecular flexibility index (Phi) is 4.66. The highest BCUT2D eigenvalue weighted by Gasteiger charge is 2.19. The fourth-order valence-electron chi connectivity index (χ4n) is 2.44. The number of hydrogen-bond donors (Lipinski definition) is 1. The molecule has 0 radical (unpaired) electrons. The number of tetrazole rings is 1. The molecule has 0 aliphatic heterocycles. The number of rotatable bonds is 6. The Morgan fingerprint density at radius 1 is 1.29 bits per heavy atom. The predicted molar refractivity (Wildman–Crippen MR) is 86.6 cm³/mol. The Labute approximate surface area is 139 Å². The molecule has 1 amide bonds. The maximum Gasteiger partial charge on any atom is 0.253 e. The van der Waals surface area contributed by atoms with Crippen molar-refractivity contribution in [2.45, 2.75) is 6.04 Å². The van der Waals surface area contributed by atoms with Crippen molar-refractivity contribution in [3.63, 3.8) is 0 Å². The molecule has 0 fully saturated rings. The fourth-order valence-corrected chi connectivity index (χ4v) is 2.44. The van der Waals surface area contributed by atoms with Gasteiger partial charge >= 0.3 is 0 Å². The van der Waals surface area contributed by atoms with Gasteiger partial charge in [0.25, 0.3) is 5.91 Å². The monoisotopic (exact) mass is 326 g/mol. The van der Waals surface area contributed by atoms with Crippen molar-refractivity contribution in [2.24, 2.45) is 0 Å². The molecule has 0 bridgehead atoms. The molecular weight excluding hydrogens is 308 g/mol. The molecule has 1 aromatic carbocycles. The number of furan rings is 1. The number of amides is 1. The maximum atomic E-state index is 12.6. The van der Waals surface area contributed by atoms with Gasteiger partial charge in [0.05, 0.1) is 23.6 Å². The van der Waals surface area contributed by atoms with Crippen LogP contribution in [0.5, 0.6) is 0 Å². The summed E-state index contributed by atoms with van der Waals surface area (Å²) in [5.74, 6) is 0.605. The van der Waals surface area contributed by atoms with E-state index in [0.29, 0.717) is 17.8 Å². The quantitative estimate of drug-likeness (QED) is 0.734. The third kappa shape index (κ3) is 3.33. The van der Waals surface area contributed by atoms with Gasteiger partial charge in [-0.2, -0.15) is 4.68 Å². The number of likely N-dealkylation sites (N-methyl/N-ethyl adjacent to an activating group) is 1. The normalized spacial score (nSPS) is 12.3. The van der Waals surface area contributed by atoms with E-state index >= 15 is 0 Å². The number of hydrogen-bond acceptors (Lipinski definition) is 6. The largest absolute Gasteiger partial charge is 0.468 e. The first-order valence-electron chi connectivity index (χ1n) is 7.47. The number of benzene rings is 1. The van der Waals surface area contributed by atoms with E-state index in [0.717, 1.165) is 5.76 Å². The maximum absolute atomic E-state index is 12.6. The topological polar surface area (TPSA) is 89.1 Å². The summed E-state index contributed by atoms with van der Waals surface area (Å²) in [4.78, 5) is 14.6. The average molecular weight is 326 g/mol. The molecule has 1 N–H and O–H groups in total. The van der Waals surface area contributed by atoms with Gasteiger partial charge < -0.3 is 9.73 Å². The molecule has 8 nitrogen and oxygen atoms in total. The van der Waals surface area contributed by atoms with E-state index in [2.05, 4.69) is 20.8 Å². The molecule has 0 saturated carbocycles. The molecule has 0 aliphatic rings. The van der Waals surface area contributed by atoms with Crippen molar-refractivity contribution in [2.75, 3.05) is 20.6 Å². The lowest BCUT2D eigenvalue weighted by atomic mass is 10.1. The van der Waals surface area contributed by atoms with Crippen molar-refractivity contribution in [1.29, 1.82) is 0 Å². The second kappa shape index (κ2) is 7.05. The second-order valence-electron chi connectivity index (χ2n) is 5.48. The van der Waals surface area contributed by atoms with Gasteiger partial charge in [-0.05, 0) is 48.8 Å². The van der Waals surface area contributed by atoms with Crippen molar-refractivity contribution < 1.29 is 9.21 Å². The van der Waals surface area contributed by atoms with E-state index in [1.54, 1.807) is 24.5 Å². The molecule has 0 spiro atoms. The number of aromatic nitrogens is 4. The highest BCUT2D eigenvalue weighted by Crippen LogP contribution is 2.18. The second-order valence-corrected chi connectivity index (χ2v) is 5.48. The SMILES string of the molecule is CN(C)C(CNC(=O)c1ccccc1-n1cnnn1)c1ccco1. The molecule has 1 atom stereocenters. The van der Waals surface area contributed by atoms with E-state index in [1.165, 1.54) is 11.0 Å². The highest BCUT2D eigenvalue weighted by molar-refractivity contribution is 5.97. The lowest BCUT2D eigenvalue weighted by molar-refractivity contribution is 0.0939. The summed E-state index contributed by atoms with van der Waals surface area (Å²) in [5, 5.41) is 14.0. The Balaban J connectivity index is 1.76. The van der Waals surface area contributed by atoms with Crippen molar-refractivity contribution in [3.05, 3.63) is 60.3 Å². The van der Waals surface area contributed by atoms with Gasteiger partial charge in [0.15, 0.2) is 0 Å². The van der Waals surface area contributed by atoms with Crippen LogP contribution in [0.15, 0.2) is 53.4 Å². The Morgan fingerprint density at radius 2 is 2.12 bits per heavy atom. The molecule has 0 aliphatic carbocycles. The Hall–Kier alpha value is -3.00. The number of carbonyl (C=O) groups is 1. The van der Waals surface area contributed by atoms with Crippen LogP contribution in [0, 0.1) is 0 Å². The number of carbonyl (C=O) groups excluding carboxylic acids is 1. The summed E-state index contributed by atoms with van der Waals surface area (Å²) in [5.41, 5.74) is 1.13. The Bertz CT molecular complexity index is 783. The third-order valence-corrected chi connectivity index (χ3v) is 3.70. The van der Waals surface area contributed by atoms with Crippen LogP contribution in [0.4, 0.5) is 0 Å². The standard InChI is InChI=1S/C16H18N6O2/c1-21(2)14(15-8-5-9-24-15)10-17-16(23)12-6-3-4-7-13(12)22-11-18-19-20-22/h3-9,11,14H,10H2,1-2H3,(H,17,23). The summed E-state index contributed by atoms with van der Waals surface area (Å²) in [6.45, 7) is 0.420. The minimum Gasteiger partial charge on any atom is -0.468 e. The molecule has 8 heteroatoms. The third-order valence-electron chi connectivity index (χ3n) is 3.70. The van der Waals surface area contributed by atoms with Crippen LogP contribution in [0.1, 0.15) is 22.2 Å². The van der Waals surface area contributed by atoms with Crippen molar-refractivity contribution in [1.82, 2.24) is 30.4 Å². The number of nitrogens with zero attached hydrogens (tertiary/aromatic N) is 5. The van der Waals surface area contributed by atoms with Crippen LogP contribution in [0.25, 0.3) is 5.69 Å². The van der Waals surface area contributed by atoms with Crippen LogP contribution in [-0.4, -0.2) is 51.7 Å². The molecule has 124 valence electrons. The van der Waals surface area contributed by atoms with Crippen LogP contribution < -0.4 is 5.32 Å². The van der Waals surface area contributed by atoms with E-state index < -0.39 is 0 Å². The minimum atomic E-state index is -0.195. The van der Waals surface area contributed by atoms with Gasteiger partial charge in [0.2, 0.25) is 0 Å². The first kappa shape index (κ1) is 15.9. The molecule has 1 unspecified atom stereocenters. The summed E-state index contributed by atoms with van der Waals surface area (Å²) in [6, 6.07) is 10.8. The predicted octanol–water partition coefficient (Wildman–Crippen LogP) is 1.29. The highest BCUT2D eigenvalue weighted by atomic mass is 16.3. The van der Waals surface area contributed by atoms with Gasteiger partial charge in [0.1, 0.15) is 12.1 Å². The van der Waals surface area contributed by atoms with E-state index in [-0.39, 0.29) is 11.9 Å². The molecule has 3 aromatic rings. The van der Waals surface area contributed by atoms with Crippen molar-refractivity contribution >= 4 is 5.91 Å². The first-order chi connectivity index (χ1) is 11.7. The zero-order valence-corrected chi connectivity index (χ0v) is 13.5. The van der Waals surface area contributed by atoms with Crippen LogP contribution in [-0.2, 0) is 0 Å². The molecular formula is C16H18N6O2. The number of nitrogens with one attached hydrogen (secondary N) is 1. The van der Waals surface area contributed by atoms with Gasteiger partial charge in [-0.15, -0.1) is 5.10 Å². The summed E-state index contributed by atoms with van der Waals surface area (Å²) in [6.07, 6.45) is 3.08. The molecule has 0 saturated heterocycles. The molecule has 2 aromatic heterocycles. The van der Waals surface area contributed by atoms with E-state index in [9.17, 15) is 4.79 Å².